The van der Waals surface area contributed by atoms with Crippen molar-refractivity contribution in [3.63, 3.8) is 0 Å². The summed E-state index contributed by atoms with van der Waals surface area (Å²) in [5, 5.41) is 18.1. The molecule has 2 N–H and O–H groups in total. The Morgan fingerprint density at radius 2 is 1.82 bits per heavy atom. The van der Waals surface area contributed by atoms with Gasteiger partial charge in [-0.05, 0) is 12.0 Å². The van der Waals surface area contributed by atoms with Crippen molar-refractivity contribution in [2.45, 2.75) is 18.4 Å². The fraction of sp³-hybridized carbons (Fsp3) is 0.333. The maximum Gasteiger partial charge on any atom is 0.408 e. The molecule has 2 rings (SSSR count). The Kier molecular flexibility index (Phi) is 2.99. The summed E-state index contributed by atoms with van der Waals surface area (Å²) in [4.78, 5) is 23.2. The molecule has 0 aliphatic carbocycles. The van der Waals surface area contributed by atoms with Crippen molar-refractivity contribution in [3.8, 4) is 0 Å². The standard InChI is InChI=1S/C12H13NO4/c14-11(15)10-9(6-7-13(10)12(16)17)8-4-2-1-3-5-8/h1-5,9-10H,6-7H2,(H,14,15)(H,16,17). The normalized spacial score (nSPS) is 23.6. The van der Waals surface area contributed by atoms with Crippen LogP contribution in [-0.4, -0.2) is 39.8 Å². The van der Waals surface area contributed by atoms with E-state index in [9.17, 15) is 9.59 Å². The van der Waals surface area contributed by atoms with E-state index in [1.165, 1.54) is 0 Å². The number of hydrogen-bond acceptors (Lipinski definition) is 2. The van der Waals surface area contributed by atoms with Crippen LogP contribution in [0, 0.1) is 0 Å². The molecule has 1 saturated heterocycles. The van der Waals surface area contributed by atoms with Crippen molar-refractivity contribution in [3.05, 3.63) is 35.9 Å². The van der Waals surface area contributed by atoms with E-state index >= 15 is 0 Å². The second-order valence-corrected chi connectivity index (χ2v) is 4.06. The maximum atomic E-state index is 11.2. The Morgan fingerprint density at radius 1 is 1.18 bits per heavy atom. The van der Waals surface area contributed by atoms with E-state index < -0.39 is 18.1 Å². The molecule has 5 heteroatoms. The third-order valence-electron chi connectivity index (χ3n) is 3.12. The molecule has 0 saturated carbocycles. The average Bonchev–Trinajstić information content (AvgIpc) is 2.74. The Morgan fingerprint density at radius 3 is 2.35 bits per heavy atom. The zero-order valence-electron chi connectivity index (χ0n) is 9.11. The van der Waals surface area contributed by atoms with Gasteiger partial charge in [0.2, 0.25) is 0 Å². The fourth-order valence-corrected chi connectivity index (χ4v) is 2.36. The average molecular weight is 235 g/mol. The van der Waals surface area contributed by atoms with Crippen LogP contribution >= 0.6 is 0 Å². The van der Waals surface area contributed by atoms with Gasteiger partial charge in [-0.1, -0.05) is 30.3 Å². The van der Waals surface area contributed by atoms with Gasteiger partial charge in [-0.25, -0.2) is 9.59 Å². The lowest BCUT2D eigenvalue weighted by Gasteiger charge is -2.22. The Labute approximate surface area is 98.3 Å². The molecule has 2 unspecified atom stereocenters. The van der Waals surface area contributed by atoms with Gasteiger partial charge in [-0.3, -0.25) is 4.90 Å². The highest BCUT2D eigenvalue weighted by Gasteiger charge is 2.42. The van der Waals surface area contributed by atoms with Crippen molar-refractivity contribution in [2.75, 3.05) is 6.54 Å². The van der Waals surface area contributed by atoms with Crippen LogP contribution in [0.3, 0.4) is 0 Å². The van der Waals surface area contributed by atoms with Crippen molar-refractivity contribution in [2.24, 2.45) is 0 Å². The Balaban J connectivity index is 2.30. The largest absolute Gasteiger partial charge is 0.480 e. The summed E-state index contributed by atoms with van der Waals surface area (Å²) in [5.41, 5.74) is 0.878. The van der Waals surface area contributed by atoms with Crippen molar-refractivity contribution in [1.82, 2.24) is 4.90 Å². The van der Waals surface area contributed by atoms with Crippen LogP contribution in [0.2, 0.25) is 0 Å². The number of rotatable bonds is 2. The summed E-state index contributed by atoms with van der Waals surface area (Å²) >= 11 is 0. The minimum atomic E-state index is -1.17. The number of benzene rings is 1. The predicted octanol–water partition coefficient (Wildman–Crippen LogP) is 1.61. The molecule has 1 aromatic carbocycles. The number of carboxylic acids is 1. The van der Waals surface area contributed by atoms with Gasteiger partial charge in [0, 0.05) is 12.5 Å². The molecule has 1 aliphatic rings. The van der Waals surface area contributed by atoms with Gasteiger partial charge in [0.1, 0.15) is 6.04 Å². The van der Waals surface area contributed by atoms with Gasteiger partial charge in [-0.15, -0.1) is 0 Å². The minimum Gasteiger partial charge on any atom is -0.480 e. The molecule has 5 nitrogen and oxygen atoms in total. The second-order valence-electron chi connectivity index (χ2n) is 4.06. The molecule has 0 aromatic heterocycles. The third-order valence-corrected chi connectivity index (χ3v) is 3.12. The maximum absolute atomic E-state index is 11.2. The number of likely N-dealkylation sites (tertiary alicyclic amines) is 1. The molecule has 0 radical (unpaired) electrons. The monoisotopic (exact) mass is 235 g/mol. The first-order chi connectivity index (χ1) is 8.11. The molecule has 17 heavy (non-hydrogen) atoms. The zero-order valence-corrected chi connectivity index (χ0v) is 9.11. The van der Waals surface area contributed by atoms with E-state index in [0.717, 1.165) is 10.5 Å². The van der Waals surface area contributed by atoms with Crippen molar-refractivity contribution in [1.29, 1.82) is 0 Å². The van der Waals surface area contributed by atoms with Crippen LogP contribution in [0.4, 0.5) is 4.79 Å². The number of aliphatic carboxylic acids is 1. The van der Waals surface area contributed by atoms with Crippen LogP contribution in [0.1, 0.15) is 17.9 Å². The first-order valence-corrected chi connectivity index (χ1v) is 5.38. The molecule has 90 valence electrons. The summed E-state index contributed by atoms with van der Waals surface area (Å²) in [6, 6.07) is 8.21. The fourth-order valence-electron chi connectivity index (χ4n) is 2.36. The number of carboxylic acid groups (broad SMARTS) is 2. The molecular formula is C12H13NO4. The number of carbonyl (C=O) groups is 2. The van der Waals surface area contributed by atoms with E-state index in [1.807, 2.05) is 30.3 Å². The van der Waals surface area contributed by atoms with Crippen LogP contribution in [0.15, 0.2) is 30.3 Å². The molecule has 1 aliphatic heterocycles. The first-order valence-electron chi connectivity index (χ1n) is 5.38. The van der Waals surface area contributed by atoms with Crippen LogP contribution in [0.5, 0.6) is 0 Å². The minimum absolute atomic E-state index is 0.259. The summed E-state index contributed by atoms with van der Waals surface area (Å²) in [6.07, 6.45) is -0.622. The lowest BCUT2D eigenvalue weighted by molar-refractivity contribution is -0.142. The number of hydrogen-bond donors (Lipinski definition) is 2. The number of nitrogens with zero attached hydrogens (tertiary/aromatic N) is 1. The first kappa shape index (κ1) is 11.4. The van der Waals surface area contributed by atoms with E-state index in [1.54, 1.807) is 0 Å². The van der Waals surface area contributed by atoms with Crippen molar-refractivity contribution < 1.29 is 19.8 Å². The highest BCUT2D eigenvalue weighted by atomic mass is 16.4. The lowest BCUT2D eigenvalue weighted by atomic mass is 9.92. The molecule has 1 fully saturated rings. The molecule has 1 heterocycles. The molecule has 0 bridgehead atoms. The highest BCUT2D eigenvalue weighted by molar-refractivity contribution is 5.81. The van der Waals surface area contributed by atoms with E-state index in [2.05, 4.69) is 0 Å². The Bertz CT molecular complexity index is 431. The van der Waals surface area contributed by atoms with Gasteiger partial charge < -0.3 is 10.2 Å². The van der Waals surface area contributed by atoms with E-state index in [4.69, 9.17) is 10.2 Å². The van der Waals surface area contributed by atoms with Gasteiger partial charge in [-0.2, -0.15) is 0 Å². The van der Waals surface area contributed by atoms with Gasteiger partial charge in [0.25, 0.3) is 0 Å². The van der Waals surface area contributed by atoms with Crippen molar-refractivity contribution >= 4 is 12.1 Å². The zero-order chi connectivity index (χ0) is 12.4. The quantitative estimate of drug-likeness (QED) is 0.816. The lowest BCUT2D eigenvalue weighted by Crippen LogP contribution is -2.41. The Hall–Kier alpha value is -2.04. The second kappa shape index (κ2) is 4.45. The molecule has 2 atom stereocenters. The van der Waals surface area contributed by atoms with Gasteiger partial charge >= 0.3 is 12.1 Å². The SMILES string of the molecule is O=C(O)C1C(c2ccccc2)CCN1C(=O)O. The number of amides is 1. The van der Waals surface area contributed by atoms with E-state index in [0.29, 0.717) is 6.42 Å². The van der Waals surface area contributed by atoms with Crippen LogP contribution in [-0.2, 0) is 4.79 Å². The molecular weight excluding hydrogens is 222 g/mol. The van der Waals surface area contributed by atoms with Gasteiger partial charge in [0.15, 0.2) is 0 Å². The summed E-state index contributed by atoms with van der Waals surface area (Å²) in [6.45, 7) is 0.270. The molecule has 1 amide bonds. The topological polar surface area (TPSA) is 77.8 Å². The summed E-state index contributed by atoms with van der Waals surface area (Å²) in [7, 11) is 0. The predicted molar refractivity (Wildman–Crippen MR) is 60.0 cm³/mol. The summed E-state index contributed by atoms with van der Waals surface area (Å²) < 4.78 is 0. The van der Waals surface area contributed by atoms with Crippen LogP contribution < -0.4 is 0 Å². The molecule has 1 aromatic rings. The van der Waals surface area contributed by atoms with Crippen LogP contribution in [0.25, 0.3) is 0 Å². The van der Waals surface area contributed by atoms with E-state index in [-0.39, 0.29) is 12.5 Å². The van der Waals surface area contributed by atoms with Gasteiger partial charge in [0.05, 0.1) is 0 Å². The smallest absolute Gasteiger partial charge is 0.408 e. The third kappa shape index (κ3) is 2.08. The highest BCUT2D eigenvalue weighted by Crippen LogP contribution is 2.33. The molecule has 0 spiro atoms. The summed E-state index contributed by atoms with van der Waals surface area (Å²) in [5.74, 6) is -1.34.